The fourth-order valence-corrected chi connectivity index (χ4v) is 1.89. The Morgan fingerprint density at radius 3 is 2.44 bits per heavy atom. The molecule has 0 amide bonds. The van der Waals surface area contributed by atoms with Crippen molar-refractivity contribution in [2.45, 2.75) is 13.0 Å². The van der Waals surface area contributed by atoms with Gasteiger partial charge in [-0.25, -0.2) is 0 Å². The van der Waals surface area contributed by atoms with Crippen LogP contribution in [0, 0.1) is 0 Å². The molecule has 0 aliphatic carbocycles. The summed E-state index contributed by atoms with van der Waals surface area (Å²) in [4.78, 5) is 0. The van der Waals surface area contributed by atoms with Crippen LogP contribution in [0.2, 0.25) is 0 Å². The molecule has 0 aliphatic rings. The standard InChI is InChI=1S/C14H18N2O2/c1-11(15-16-8-4-5-9-16)13-10-12(17-2)6-7-14(13)18-3/h4-11,15H,1-3H3. The average molecular weight is 246 g/mol. The fourth-order valence-electron chi connectivity index (χ4n) is 1.89. The van der Waals surface area contributed by atoms with Crippen molar-refractivity contribution in [3.8, 4) is 11.5 Å². The number of aromatic nitrogens is 1. The maximum absolute atomic E-state index is 5.38. The summed E-state index contributed by atoms with van der Waals surface area (Å²) < 4.78 is 12.6. The summed E-state index contributed by atoms with van der Waals surface area (Å²) in [6.45, 7) is 2.08. The van der Waals surface area contributed by atoms with E-state index in [1.807, 2.05) is 47.4 Å². The Balaban J connectivity index is 2.24. The van der Waals surface area contributed by atoms with Crippen LogP contribution in [0.3, 0.4) is 0 Å². The first-order valence-electron chi connectivity index (χ1n) is 5.86. The lowest BCUT2D eigenvalue weighted by Crippen LogP contribution is -2.17. The highest BCUT2D eigenvalue weighted by Gasteiger charge is 2.12. The Morgan fingerprint density at radius 2 is 1.83 bits per heavy atom. The first-order valence-corrected chi connectivity index (χ1v) is 5.86. The molecule has 1 aromatic carbocycles. The first-order chi connectivity index (χ1) is 8.74. The van der Waals surface area contributed by atoms with Crippen molar-refractivity contribution in [2.75, 3.05) is 19.6 Å². The second kappa shape index (κ2) is 5.49. The Bertz CT molecular complexity index is 495. The van der Waals surface area contributed by atoms with E-state index in [2.05, 4.69) is 12.3 Å². The summed E-state index contributed by atoms with van der Waals surface area (Å²) in [5.41, 5.74) is 4.41. The molecule has 0 saturated heterocycles. The van der Waals surface area contributed by atoms with Crippen molar-refractivity contribution in [1.29, 1.82) is 0 Å². The number of nitrogens with zero attached hydrogens (tertiary/aromatic N) is 1. The van der Waals surface area contributed by atoms with Crippen LogP contribution >= 0.6 is 0 Å². The van der Waals surface area contributed by atoms with Crippen molar-refractivity contribution < 1.29 is 9.47 Å². The molecule has 0 fully saturated rings. The van der Waals surface area contributed by atoms with Crippen LogP contribution in [0.1, 0.15) is 18.5 Å². The van der Waals surface area contributed by atoms with E-state index in [-0.39, 0.29) is 6.04 Å². The van der Waals surface area contributed by atoms with Crippen LogP contribution in [0.4, 0.5) is 0 Å². The lowest BCUT2D eigenvalue weighted by atomic mass is 10.1. The van der Waals surface area contributed by atoms with Crippen molar-refractivity contribution in [3.63, 3.8) is 0 Å². The van der Waals surface area contributed by atoms with Gasteiger partial charge in [0.1, 0.15) is 11.5 Å². The highest BCUT2D eigenvalue weighted by atomic mass is 16.5. The molecule has 4 heteroatoms. The second-order valence-corrected chi connectivity index (χ2v) is 4.05. The smallest absolute Gasteiger partial charge is 0.124 e. The summed E-state index contributed by atoms with van der Waals surface area (Å²) in [6.07, 6.45) is 3.92. The van der Waals surface area contributed by atoms with Gasteiger partial charge in [-0.3, -0.25) is 4.68 Å². The van der Waals surface area contributed by atoms with E-state index in [1.54, 1.807) is 14.2 Å². The third-order valence-electron chi connectivity index (χ3n) is 2.85. The average Bonchev–Trinajstić information content (AvgIpc) is 2.90. The molecule has 0 aliphatic heterocycles. The number of hydrogen-bond donors (Lipinski definition) is 1. The van der Waals surface area contributed by atoms with E-state index in [1.165, 1.54) is 0 Å². The molecule has 2 rings (SSSR count). The molecule has 2 aromatic rings. The monoisotopic (exact) mass is 246 g/mol. The molecule has 0 bridgehead atoms. The molecule has 1 aromatic heterocycles. The highest BCUT2D eigenvalue weighted by molar-refractivity contribution is 5.42. The van der Waals surface area contributed by atoms with Gasteiger partial charge < -0.3 is 14.9 Å². The molecule has 1 N–H and O–H groups in total. The predicted molar refractivity (Wildman–Crippen MR) is 71.8 cm³/mol. The maximum Gasteiger partial charge on any atom is 0.124 e. The summed E-state index contributed by atoms with van der Waals surface area (Å²) in [5.74, 6) is 1.68. The van der Waals surface area contributed by atoms with Gasteiger partial charge in [-0.2, -0.15) is 0 Å². The minimum absolute atomic E-state index is 0.113. The Labute approximate surface area is 107 Å². The number of rotatable bonds is 5. The molecule has 0 spiro atoms. The molecular weight excluding hydrogens is 228 g/mol. The molecule has 1 heterocycles. The first kappa shape index (κ1) is 12.4. The minimum atomic E-state index is 0.113. The molecule has 96 valence electrons. The summed E-state index contributed by atoms with van der Waals surface area (Å²) >= 11 is 0. The lowest BCUT2D eigenvalue weighted by Gasteiger charge is -2.19. The van der Waals surface area contributed by atoms with Crippen LogP contribution in [0.15, 0.2) is 42.7 Å². The summed E-state index contributed by atoms with van der Waals surface area (Å²) in [7, 11) is 3.34. The van der Waals surface area contributed by atoms with E-state index >= 15 is 0 Å². The molecule has 0 saturated carbocycles. The summed E-state index contributed by atoms with van der Waals surface area (Å²) in [6, 6.07) is 9.86. The van der Waals surface area contributed by atoms with Gasteiger partial charge >= 0.3 is 0 Å². The van der Waals surface area contributed by atoms with Gasteiger partial charge in [-0.05, 0) is 37.3 Å². The van der Waals surface area contributed by atoms with E-state index < -0.39 is 0 Å². The van der Waals surface area contributed by atoms with Gasteiger partial charge in [0.2, 0.25) is 0 Å². The number of hydrogen-bond acceptors (Lipinski definition) is 3. The number of nitrogens with one attached hydrogen (secondary N) is 1. The molecule has 1 unspecified atom stereocenters. The fraction of sp³-hybridized carbons (Fsp3) is 0.286. The third kappa shape index (κ3) is 2.59. The van der Waals surface area contributed by atoms with Gasteiger partial charge in [0.15, 0.2) is 0 Å². The molecule has 4 nitrogen and oxygen atoms in total. The number of ether oxygens (including phenoxy) is 2. The Morgan fingerprint density at radius 1 is 1.11 bits per heavy atom. The van der Waals surface area contributed by atoms with Crippen molar-refractivity contribution in [3.05, 3.63) is 48.3 Å². The zero-order chi connectivity index (χ0) is 13.0. The van der Waals surface area contributed by atoms with Crippen molar-refractivity contribution in [2.24, 2.45) is 0 Å². The maximum atomic E-state index is 5.38. The largest absolute Gasteiger partial charge is 0.497 e. The highest BCUT2D eigenvalue weighted by Crippen LogP contribution is 2.29. The summed E-state index contributed by atoms with van der Waals surface area (Å²) in [5, 5.41) is 0. The van der Waals surface area contributed by atoms with Crippen LogP contribution < -0.4 is 14.9 Å². The quantitative estimate of drug-likeness (QED) is 0.881. The Hall–Kier alpha value is -2.10. The van der Waals surface area contributed by atoms with Crippen LogP contribution in [0.5, 0.6) is 11.5 Å². The normalized spacial score (nSPS) is 11.9. The SMILES string of the molecule is COc1ccc(OC)c(C(C)Nn2cccc2)c1. The van der Waals surface area contributed by atoms with E-state index in [0.29, 0.717) is 0 Å². The van der Waals surface area contributed by atoms with Gasteiger partial charge in [0, 0.05) is 18.0 Å². The number of methoxy groups -OCH3 is 2. The lowest BCUT2D eigenvalue weighted by molar-refractivity contribution is 0.396. The second-order valence-electron chi connectivity index (χ2n) is 4.05. The van der Waals surface area contributed by atoms with Gasteiger partial charge in [-0.15, -0.1) is 0 Å². The van der Waals surface area contributed by atoms with Gasteiger partial charge in [0.05, 0.1) is 20.3 Å². The van der Waals surface area contributed by atoms with Crippen LogP contribution in [-0.4, -0.2) is 18.9 Å². The van der Waals surface area contributed by atoms with Crippen LogP contribution in [0.25, 0.3) is 0 Å². The van der Waals surface area contributed by atoms with E-state index in [9.17, 15) is 0 Å². The predicted octanol–water partition coefficient (Wildman–Crippen LogP) is 2.81. The van der Waals surface area contributed by atoms with Gasteiger partial charge in [0.25, 0.3) is 0 Å². The Kier molecular flexibility index (Phi) is 3.77. The van der Waals surface area contributed by atoms with E-state index in [0.717, 1.165) is 17.1 Å². The third-order valence-corrected chi connectivity index (χ3v) is 2.85. The molecule has 0 radical (unpaired) electrons. The van der Waals surface area contributed by atoms with E-state index in [4.69, 9.17) is 9.47 Å². The van der Waals surface area contributed by atoms with Crippen LogP contribution in [-0.2, 0) is 0 Å². The molecule has 18 heavy (non-hydrogen) atoms. The topological polar surface area (TPSA) is 35.4 Å². The van der Waals surface area contributed by atoms with Crippen molar-refractivity contribution in [1.82, 2.24) is 4.68 Å². The molecule has 1 atom stereocenters. The minimum Gasteiger partial charge on any atom is -0.497 e. The zero-order valence-electron chi connectivity index (χ0n) is 10.9. The van der Waals surface area contributed by atoms with Gasteiger partial charge in [-0.1, -0.05) is 0 Å². The molecular formula is C14H18N2O2. The zero-order valence-corrected chi connectivity index (χ0v) is 10.9. The van der Waals surface area contributed by atoms with Crippen molar-refractivity contribution >= 4 is 0 Å². The number of benzene rings is 1.